The van der Waals surface area contributed by atoms with Crippen LogP contribution in [-0.4, -0.2) is 33.6 Å². The van der Waals surface area contributed by atoms with E-state index in [1.54, 1.807) is 12.1 Å². The fourth-order valence-electron chi connectivity index (χ4n) is 1.86. The van der Waals surface area contributed by atoms with E-state index in [0.717, 1.165) is 5.82 Å². The summed E-state index contributed by atoms with van der Waals surface area (Å²) in [7, 11) is 0. The zero-order valence-electron chi connectivity index (χ0n) is 9.97. The van der Waals surface area contributed by atoms with Crippen LogP contribution in [0.5, 0.6) is 0 Å². The molecule has 1 aliphatic carbocycles. The monoisotopic (exact) mass is 248 g/mol. The van der Waals surface area contributed by atoms with Crippen LogP contribution in [0.15, 0.2) is 25.0 Å². The number of aromatic nitrogens is 2. The predicted octanol–water partition coefficient (Wildman–Crippen LogP) is 1.35. The van der Waals surface area contributed by atoms with Crippen molar-refractivity contribution in [3.63, 3.8) is 0 Å². The third-order valence-corrected chi connectivity index (χ3v) is 2.93. The van der Waals surface area contributed by atoms with Crippen LogP contribution in [-0.2, 0) is 4.79 Å². The number of anilines is 2. The molecule has 18 heavy (non-hydrogen) atoms. The molecule has 6 heteroatoms. The highest BCUT2D eigenvalue weighted by atomic mass is 16.4. The highest BCUT2D eigenvalue weighted by Gasteiger charge is 2.34. The number of nitrogens with zero attached hydrogens (tertiary/aromatic N) is 2. The maximum atomic E-state index is 10.7. The highest BCUT2D eigenvalue weighted by molar-refractivity contribution is 5.71. The summed E-state index contributed by atoms with van der Waals surface area (Å²) in [6, 6.07) is 1.99. The lowest BCUT2D eigenvalue weighted by Crippen LogP contribution is -2.39. The maximum absolute atomic E-state index is 10.7. The number of carboxylic acids is 1. The van der Waals surface area contributed by atoms with Gasteiger partial charge in [0.15, 0.2) is 0 Å². The molecule has 1 aliphatic rings. The molecule has 0 spiro atoms. The summed E-state index contributed by atoms with van der Waals surface area (Å²) < 4.78 is 0. The zero-order chi connectivity index (χ0) is 13.0. The van der Waals surface area contributed by atoms with E-state index in [2.05, 4.69) is 27.2 Å². The Bertz CT molecular complexity index is 443. The molecule has 1 heterocycles. The van der Waals surface area contributed by atoms with E-state index in [1.165, 1.54) is 6.33 Å². The number of nitrogens with one attached hydrogen (secondary N) is 2. The van der Waals surface area contributed by atoms with Gasteiger partial charge in [0.05, 0.1) is 5.92 Å². The Balaban J connectivity index is 1.86. The second-order valence-corrected chi connectivity index (χ2v) is 4.31. The van der Waals surface area contributed by atoms with Crippen molar-refractivity contribution >= 4 is 17.6 Å². The van der Waals surface area contributed by atoms with Crippen molar-refractivity contribution in [2.75, 3.05) is 17.2 Å². The summed E-state index contributed by atoms with van der Waals surface area (Å²) in [4.78, 5) is 18.8. The molecule has 0 unspecified atom stereocenters. The van der Waals surface area contributed by atoms with Gasteiger partial charge < -0.3 is 15.7 Å². The van der Waals surface area contributed by atoms with Crippen molar-refractivity contribution in [3.05, 3.63) is 25.0 Å². The number of carbonyl (C=O) groups is 1. The molecule has 6 nitrogen and oxygen atoms in total. The predicted molar refractivity (Wildman–Crippen MR) is 68.5 cm³/mol. The number of rotatable bonds is 6. The zero-order valence-corrected chi connectivity index (χ0v) is 9.97. The van der Waals surface area contributed by atoms with Crippen LogP contribution in [0.1, 0.15) is 12.8 Å². The van der Waals surface area contributed by atoms with Crippen molar-refractivity contribution < 1.29 is 9.90 Å². The minimum Gasteiger partial charge on any atom is -0.481 e. The fourth-order valence-corrected chi connectivity index (χ4v) is 1.86. The topological polar surface area (TPSA) is 87.1 Å². The average molecular weight is 248 g/mol. The minimum absolute atomic E-state index is 0.188. The quantitative estimate of drug-likeness (QED) is 0.659. The molecule has 2 rings (SSSR count). The molecule has 0 bridgehead atoms. The van der Waals surface area contributed by atoms with Gasteiger partial charge in [-0.15, -0.1) is 6.58 Å². The van der Waals surface area contributed by atoms with Crippen molar-refractivity contribution in [3.8, 4) is 0 Å². The molecular weight excluding hydrogens is 232 g/mol. The lowest BCUT2D eigenvalue weighted by Gasteiger charge is -2.33. The lowest BCUT2D eigenvalue weighted by molar-refractivity contribution is -0.144. The van der Waals surface area contributed by atoms with Crippen molar-refractivity contribution in [2.45, 2.75) is 18.9 Å². The third kappa shape index (κ3) is 2.97. The van der Waals surface area contributed by atoms with E-state index >= 15 is 0 Å². The molecule has 1 saturated carbocycles. The molecule has 96 valence electrons. The normalized spacial score (nSPS) is 21.8. The Morgan fingerprint density at radius 1 is 1.50 bits per heavy atom. The molecule has 1 aromatic rings. The maximum Gasteiger partial charge on any atom is 0.306 e. The molecule has 0 aromatic carbocycles. The van der Waals surface area contributed by atoms with E-state index in [1.807, 2.05) is 0 Å². The second kappa shape index (κ2) is 5.48. The Kier molecular flexibility index (Phi) is 3.76. The first kappa shape index (κ1) is 12.3. The van der Waals surface area contributed by atoms with Gasteiger partial charge >= 0.3 is 5.97 Å². The third-order valence-electron chi connectivity index (χ3n) is 2.93. The van der Waals surface area contributed by atoms with Crippen LogP contribution in [0, 0.1) is 5.92 Å². The van der Waals surface area contributed by atoms with Crippen LogP contribution in [0.25, 0.3) is 0 Å². The van der Waals surface area contributed by atoms with Gasteiger partial charge in [0.2, 0.25) is 0 Å². The van der Waals surface area contributed by atoms with Gasteiger partial charge in [-0.1, -0.05) is 6.08 Å². The van der Waals surface area contributed by atoms with Gasteiger partial charge in [-0.05, 0) is 12.8 Å². The van der Waals surface area contributed by atoms with Crippen LogP contribution in [0.4, 0.5) is 11.6 Å². The van der Waals surface area contributed by atoms with Crippen LogP contribution < -0.4 is 10.6 Å². The van der Waals surface area contributed by atoms with Gasteiger partial charge in [-0.25, -0.2) is 9.97 Å². The summed E-state index contributed by atoms with van der Waals surface area (Å²) in [6.45, 7) is 4.26. The Morgan fingerprint density at radius 3 is 2.89 bits per heavy atom. The second-order valence-electron chi connectivity index (χ2n) is 4.31. The largest absolute Gasteiger partial charge is 0.481 e. The summed E-state index contributed by atoms with van der Waals surface area (Å²) in [6.07, 6.45) is 4.52. The molecule has 1 fully saturated rings. The number of hydrogen-bond donors (Lipinski definition) is 3. The van der Waals surface area contributed by atoms with Gasteiger partial charge in [0.1, 0.15) is 18.0 Å². The Labute approximate surface area is 105 Å². The van der Waals surface area contributed by atoms with Crippen molar-refractivity contribution in [2.24, 2.45) is 5.92 Å². The molecule has 3 N–H and O–H groups in total. The first-order valence-corrected chi connectivity index (χ1v) is 5.85. The number of hydrogen-bond acceptors (Lipinski definition) is 5. The Morgan fingerprint density at radius 2 is 2.22 bits per heavy atom. The van der Waals surface area contributed by atoms with E-state index in [-0.39, 0.29) is 12.0 Å². The molecule has 1 aromatic heterocycles. The van der Waals surface area contributed by atoms with E-state index in [9.17, 15) is 4.79 Å². The minimum atomic E-state index is -0.718. The molecule has 0 amide bonds. The van der Waals surface area contributed by atoms with Crippen molar-refractivity contribution in [1.82, 2.24) is 9.97 Å². The summed E-state index contributed by atoms with van der Waals surface area (Å²) >= 11 is 0. The summed E-state index contributed by atoms with van der Waals surface area (Å²) in [5.41, 5.74) is 0. The van der Waals surface area contributed by atoms with E-state index < -0.39 is 5.97 Å². The lowest BCUT2D eigenvalue weighted by atomic mass is 9.80. The van der Waals surface area contributed by atoms with Gasteiger partial charge in [-0.2, -0.15) is 0 Å². The SMILES string of the molecule is C=CCNc1cc(NC2CC(C(=O)O)C2)ncn1. The smallest absolute Gasteiger partial charge is 0.306 e. The molecule has 0 atom stereocenters. The number of carboxylic acid groups (broad SMARTS) is 1. The number of aliphatic carboxylic acids is 1. The summed E-state index contributed by atoms with van der Waals surface area (Å²) in [5.74, 6) is 0.499. The van der Waals surface area contributed by atoms with Crippen LogP contribution >= 0.6 is 0 Å². The molecular formula is C12H16N4O2. The molecule has 0 radical (unpaired) electrons. The van der Waals surface area contributed by atoms with E-state index in [0.29, 0.717) is 25.2 Å². The van der Waals surface area contributed by atoms with E-state index in [4.69, 9.17) is 5.11 Å². The Hall–Kier alpha value is -2.11. The van der Waals surface area contributed by atoms with Gasteiger partial charge in [0.25, 0.3) is 0 Å². The van der Waals surface area contributed by atoms with Gasteiger partial charge in [0, 0.05) is 18.7 Å². The van der Waals surface area contributed by atoms with Crippen LogP contribution in [0.2, 0.25) is 0 Å². The first-order chi connectivity index (χ1) is 8.69. The molecule has 0 aliphatic heterocycles. The standard InChI is InChI=1S/C12H16N4O2/c1-2-3-13-10-6-11(15-7-14-10)16-9-4-8(5-9)12(17)18/h2,6-9H,1,3-5H2,(H,17,18)(H2,13,14,15,16). The van der Waals surface area contributed by atoms with Gasteiger partial charge in [-0.3, -0.25) is 4.79 Å². The average Bonchev–Trinajstić information content (AvgIpc) is 2.30. The van der Waals surface area contributed by atoms with Crippen molar-refractivity contribution in [1.29, 1.82) is 0 Å². The molecule has 0 saturated heterocycles. The van der Waals surface area contributed by atoms with Crippen LogP contribution in [0.3, 0.4) is 0 Å². The first-order valence-electron chi connectivity index (χ1n) is 5.85. The summed E-state index contributed by atoms with van der Waals surface area (Å²) in [5, 5.41) is 15.1. The highest BCUT2D eigenvalue weighted by Crippen LogP contribution is 2.30. The fraction of sp³-hybridized carbons (Fsp3) is 0.417.